The third-order valence-electron chi connectivity index (χ3n) is 4.57. The van der Waals surface area contributed by atoms with E-state index in [1.165, 1.54) is 6.07 Å². The molecule has 1 amide bonds. The van der Waals surface area contributed by atoms with E-state index < -0.39 is 6.09 Å². The number of hydrogen-bond acceptors (Lipinski definition) is 6. The zero-order valence-electron chi connectivity index (χ0n) is 18.2. The van der Waals surface area contributed by atoms with Crippen LogP contribution < -0.4 is 10.1 Å². The lowest BCUT2D eigenvalue weighted by atomic mass is 10.0. The maximum Gasteiger partial charge on any atom is 0.412 e. The quantitative estimate of drug-likeness (QED) is 0.612. The van der Waals surface area contributed by atoms with E-state index in [-0.39, 0.29) is 23.5 Å². The molecule has 0 aliphatic carbocycles. The summed E-state index contributed by atoms with van der Waals surface area (Å²) in [5.74, 6) is 0.546. The number of aromatic nitrogens is 4. The molecular formula is C22H26FN5O3. The Hall–Kier alpha value is -3.33. The monoisotopic (exact) mass is 427 g/mol. The van der Waals surface area contributed by atoms with Crippen molar-refractivity contribution in [3.8, 4) is 22.6 Å². The Morgan fingerprint density at radius 1 is 1.19 bits per heavy atom. The summed E-state index contributed by atoms with van der Waals surface area (Å²) >= 11 is 0. The largest absolute Gasteiger partial charge is 0.412 e. The van der Waals surface area contributed by atoms with Gasteiger partial charge >= 0.3 is 6.09 Å². The lowest BCUT2D eigenvalue weighted by Gasteiger charge is -2.15. The zero-order valence-corrected chi connectivity index (χ0v) is 18.2. The molecule has 8 nitrogen and oxygen atoms in total. The molecule has 164 valence electrons. The van der Waals surface area contributed by atoms with Crippen LogP contribution in [-0.4, -0.2) is 46.1 Å². The molecule has 0 saturated heterocycles. The van der Waals surface area contributed by atoms with Crippen LogP contribution in [0.25, 0.3) is 16.8 Å². The van der Waals surface area contributed by atoms with Gasteiger partial charge in [0.25, 0.3) is 0 Å². The predicted molar refractivity (Wildman–Crippen MR) is 114 cm³/mol. The highest BCUT2D eigenvalue weighted by atomic mass is 19.1. The molecule has 0 aliphatic rings. The van der Waals surface area contributed by atoms with Crippen molar-refractivity contribution < 1.29 is 18.7 Å². The SMILES string of the molecule is COCC(C)NC(=O)Oc1cc(-c2ccc(C)cc2F)cc(-n2nnnc2C(C)C)c1. The Morgan fingerprint density at radius 2 is 1.97 bits per heavy atom. The molecule has 3 rings (SSSR count). The minimum Gasteiger partial charge on any atom is -0.410 e. The number of hydrogen-bond donors (Lipinski definition) is 1. The predicted octanol–water partition coefficient (Wildman–Crippen LogP) is 4.02. The molecule has 3 aromatic rings. The van der Waals surface area contributed by atoms with Crippen molar-refractivity contribution in [2.24, 2.45) is 0 Å². The zero-order chi connectivity index (χ0) is 22.5. The standard InChI is InChI=1S/C22H26FN5O3/c1-13(2)21-25-26-27-28(21)17-9-16(19-7-6-14(3)8-20(19)23)10-18(11-17)31-22(29)24-15(4)12-30-5/h6-11,13,15H,12H2,1-5H3,(H,24,29). The van der Waals surface area contributed by atoms with Gasteiger partial charge in [-0.3, -0.25) is 0 Å². The first-order valence-corrected chi connectivity index (χ1v) is 9.96. The van der Waals surface area contributed by atoms with Gasteiger partial charge in [0, 0.05) is 24.7 Å². The van der Waals surface area contributed by atoms with Gasteiger partial charge in [-0.15, -0.1) is 5.10 Å². The summed E-state index contributed by atoms with van der Waals surface area (Å²) in [6, 6.07) is 9.74. The second-order valence-corrected chi connectivity index (χ2v) is 7.69. The number of halogens is 1. The van der Waals surface area contributed by atoms with Crippen molar-refractivity contribution in [3.63, 3.8) is 0 Å². The molecule has 1 heterocycles. The van der Waals surface area contributed by atoms with Gasteiger partial charge in [0.05, 0.1) is 18.3 Å². The van der Waals surface area contributed by atoms with E-state index in [1.807, 2.05) is 26.8 Å². The van der Waals surface area contributed by atoms with Crippen molar-refractivity contribution in [3.05, 3.63) is 53.6 Å². The summed E-state index contributed by atoms with van der Waals surface area (Å²) in [5, 5.41) is 14.6. The van der Waals surface area contributed by atoms with Crippen molar-refractivity contribution in [1.29, 1.82) is 0 Å². The number of aryl methyl sites for hydroxylation is 1. The average molecular weight is 427 g/mol. The smallest absolute Gasteiger partial charge is 0.410 e. The number of ether oxygens (including phenoxy) is 2. The number of carbonyl (C=O) groups is 1. The molecular weight excluding hydrogens is 401 g/mol. The van der Waals surface area contributed by atoms with Gasteiger partial charge in [-0.05, 0) is 53.6 Å². The Labute approximate surface area is 180 Å². The summed E-state index contributed by atoms with van der Waals surface area (Å²) in [5.41, 5.74) is 2.28. The molecule has 31 heavy (non-hydrogen) atoms. The number of methoxy groups -OCH3 is 1. The van der Waals surface area contributed by atoms with E-state index in [1.54, 1.807) is 43.0 Å². The number of benzene rings is 2. The molecule has 9 heteroatoms. The highest BCUT2D eigenvalue weighted by molar-refractivity contribution is 5.74. The minimum absolute atomic E-state index is 0.0531. The van der Waals surface area contributed by atoms with Crippen LogP contribution in [0.2, 0.25) is 0 Å². The second-order valence-electron chi connectivity index (χ2n) is 7.69. The fourth-order valence-corrected chi connectivity index (χ4v) is 3.14. The Kier molecular flexibility index (Phi) is 6.96. The first kappa shape index (κ1) is 22.4. The minimum atomic E-state index is -0.641. The van der Waals surface area contributed by atoms with Crippen molar-refractivity contribution in [2.45, 2.75) is 39.7 Å². The van der Waals surface area contributed by atoms with Crippen molar-refractivity contribution in [1.82, 2.24) is 25.5 Å². The summed E-state index contributed by atoms with van der Waals surface area (Å²) in [7, 11) is 1.55. The number of carbonyl (C=O) groups excluding carboxylic acids is 1. The van der Waals surface area contributed by atoms with E-state index in [9.17, 15) is 9.18 Å². The molecule has 1 unspecified atom stereocenters. The summed E-state index contributed by atoms with van der Waals surface area (Å²) in [6.45, 7) is 7.89. The average Bonchev–Trinajstić information content (AvgIpc) is 3.18. The van der Waals surface area contributed by atoms with E-state index in [0.29, 0.717) is 29.2 Å². The molecule has 1 atom stereocenters. The third kappa shape index (κ3) is 5.43. The van der Waals surface area contributed by atoms with Gasteiger partial charge in [0.2, 0.25) is 0 Å². The molecule has 0 bridgehead atoms. The molecule has 0 aliphatic heterocycles. The number of rotatable bonds is 7. The van der Waals surface area contributed by atoms with Gasteiger partial charge in [-0.2, -0.15) is 4.68 Å². The molecule has 1 aromatic heterocycles. The maximum absolute atomic E-state index is 14.7. The van der Waals surface area contributed by atoms with Gasteiger partial charge in [0.1, 0.15) is 11.6 Å². The normalized spacial score (nSPS) is 12.1. The van der Waals surface area contributed by atoms with Gasteiger partial charge in [0.15, 0.2) is 5.82 Å². The van der Waals surface area contributed by atoms with Crippen LogP contribution in [0.1, 0.15) is 38.1 Å². The van der Waals surface area contributed by atoms with Crippen LogP contribution in [0.4, 0.5) is 9.18 Å². The number of tetrazole rings is 1. The van der Waals surface area contributed by atoms with Gasteiger partial charge in [-0.25, -0.2) is 9.18 Å². The highest BCUT2D eigenvalue weighted by Crippen LogP contribution is 2.31. The van der Waals surface area contributed by atoms with E-state index >= 15 is 0 Å². The molecule has 0 spiro atoms. The van der Waals surface area contributed by atoms with Crippen LogP contribution in [0.5, 0.6) is 5.75 Å². The van der Waals surface area contributed by atoms with E-state index in [0.717, 1.165) is 5.56 Å². The Morgan fingerprint density at radius 3 is 2.65 bits per heavy atom. The highest BCUT2D eigenvalue weighted by Gasteiger charge is 2.17. The fraction of sp³-hybridized carbons (Fsp3) is 0.364. The maximum atomic E-state index is 14.7. The van der Waals surface area contributed by atoms with Crippen LogP contribution in [-0.2, 0) is 4.74 Å². The van der Waals surface area contributed by atoms with Crippen molar-refractivity contribution in [2.75, 3.05) is 13.7 Å². The summed E-state index contributed by atoms with van der Waals surface area (Å²) in [6.07, 6.45) is -0.641. The Balaban J connectivity index is 2.04. The number of amides is 1. The molecule has 2 aromatic carbocycles. The van der Waals surface area contributed by atoms with Crippen LogP contribution in [0.3, 0.4) is 0 Å². The van der Waals surface area contributed by atoms with E-state index in [2.05, 4.69) is 20.8 Å². The third-order valence-corrected chi connectivity index (χ3v) is 4.57. The summed E-state index contributed by atoms with van der Waals surface area (Å²) < 4.78 is 26.7. The second kappa shape index (κ2) is 9.65. The van der Waals surface area contributed by atoms with Crippen LogP contribution in [0, 0.1) is 12.7 Å². The lowest BCUT2D eigenvalue weighted by molar-refractivity contribution is 0.159. The Bertz CT molecular complexity index is 1070. The summed E-state index contributed by atoms with van der Waals surface area (Å²) in [4.78, 5) is 12.3. The van der Waals surface area contributed by atoms with Gasteiger partial charge in [-0.1, -0.05) is 26.0 Å². The van der Waals surface area contributed by atoms with Crippen LogP contribution in [0.15, 0.2) is 36.4 Å². The number of nitrogens with one attached hydrogen (secondary N) is 1. The van der Waals surface area contributed by atoms with Crippen molar-refractivity contribution >= 4 is 6.09 Å². The van der Waals surface area contributed by atoms with Crippen LogP contribution >= 0.6 is 0 Å². The molecule has 0 fully saturated rings. The topological polar surface area (TPSA) is 91.2 Å². The molecule has 0 saturated carbocycles. The van der Waals surface area contributed by atoms with E-state index in [4.69, 9.17) is 9.47 Å². The lowest BCUT2D eigenvalue weighted by Crippen LogP contribution is -2.37. The number of nitrogens with zero attached hydrogens (tertiary/aromatic N) is 4. The van der Waals surface area contributed by atoms with Gasteiger partial charge < -0.3 is 14.8 Å². The fourth-order valence-electron chi connectivity index (χ4n) is 3.14. The first-order valence-electron chi connectivity index (χ1n) is 9.96. The molecule has 1 N–H and O–H groups in total. The first-order chi connectivity index (χ1) is 14.8. The molecule has 0 radical (unpaired) electrons.